The van der Waals surface area contributed by atoms with Crippen LogP contribution in [0.25, 0.3) is 11.4 Å². The van der Waals surface area contributed by atoms with E-state index in [-0.39, 0.29) is 5.69 Å². The van der Waals surface area contributed by atoms with Gasteiger partial charge in [0.05, 0.1) is 16.3 Å². The fourth-order valence-corrected chi connectivity index (χ4v) is 2.47. The quantitative estimate of drug-likeness (QED) is 0.785. The predicted molar refractivity (Wildman–Crippen MR) is 90.0 cm³/mol. The average molecular weight is 320 g/mol. The van der Waals surface area contributed by atoms with Gasteiger partial charge in [-0.15, -0.1) is 0 Å². The zero-order valence-electron chi connectivity index (χ0n) is 11.4. The van der Waals surface area contributed by atoms with Crippen LogP contribution in [0.1, 0.15) is 20.3 Å². The van der Waals surface area contributed by atoms with Crippen molar-refractivity contribution in [1.29, 1.82) is 0 Å². The highest BCUT2D eigenvalue weighted by Gasteiger charge is 2.24. The number of nitrogens with zero attached hydrogens (tertiary/aromatic N) is 4. The van der Waals surface area contributed by atoms with Gasteiger partial charge in [-0.3, -0.25) is 4.57 Å². The van der Waals surface area contributed by atoms with Crippen LogP contribution in [-0.4, -0.2) is 35.4 Å². The van der Waals surface area contributed by atoms with E-state index >= 15 is 0 Å². The number of H-pyrrole nitrogens is 1. The second kappa shape index (κ2) is 5.01. The molecule has 3 heterocycles. The number of aliphatic imine (C=N–C) groups is 1. The highest BCUT2D eigenvalue weighted by atomic mass is 32.1. The summed E-state index contributed by atoms with van der Waals surface area (Å²) in [5, 5.41) is 2.98. The maximum Gasteiger partial charge on any atom is 0.332 e. The number of aromatic amines is 1. The Morgan fingerprint density at radius 1 is 1.43 bits per heavy atom. The molecule has 2 aromatic rings. The molecule has 3 rings (SSSR count). The molecule has 0 saturated carbocycles. The number of thiocarbonyl (C=S) groups is 2. The summed E-state index contributed by atoms with van der Waals surface area (Å²) in [5.41, 5.74) is 0.817. The fraction of sp³-hybridized carbons (Fsp3) is 0.250. The molecule has 0 bridgehead atoms. The molecule has 0 amide bonds. The molecule has 2 aromatic heterocycles. The van der Waals surface area contributed by atoms with Crippen LogP contribution < -0.4 is 11.0 Å². The molecule has 0 atom stereocenters. The van der Waals surface area contributed by atoms with Crippen molar-refractivity contribution in [3.8, 4) is 11.4 Å². The van der Waals surface area contributed by atoms with E-state index in [4.69, 9.17) is 24.4 Å². The monoisotopic (exact) mass is 320 g/mol. The van der Waals surface area contributed by atoms with Crippen molar-refractivity contribution in [2.24, 2.45) is 4.99 Å². The Morgan fingerprint density at radius 3 is 2.86 bits per heavy atom. The average Bonchev–Trinajstić information content (AvgIpc) is 2.95. The second-order valence-corrected chi connectivity index (χ2v) is 5.51. The number of nitrogens with one attached hydrogen (secondary N) is 2. The molecule has 2 N–H and O–H groups in total. The van der Waals surface area contributed by atoms with Gasteiger partial charge in [0.15, 0.2) is 5.82 Å². The first kappa shape index (κ1) is 13.8. The summed E-state index contributed by atoms with van der Waals surface area (Å²) in [6, 6.07) is 0. The molecule has 9 heteroatoms. The van der Waals surface area contributed by atoms with Gasteiger partial charge in [-0.05, 0) is 13.3 Å². The Kier molecular flexibility index (Phi) is 3.30. The van der Waals surface area contributed by atoms with Gasteiger partial charge in [0.2, 0.25) is 0 Å². The van der Waals surface area contributed by atoms with Gasteiger partial charge in [-0.2, -0.15) is 0 Å². The van der Waals surface area contributed by atoms with E-state index in [0.717, 1.165) is 0 Å². The molecule has 7 nitrogen and oxygen atoms in total. The van der Waals surface area contributed by atoms with Gasteiger partial charge >= 0.3 is 5.69 Å². The van der Waals surface area contributed by atoms with Crippen molar-refractivity contribution in [1.82, 2.24) is 19.1 Å². The zero-order chi connectivity index (χ0) is 15.1. The van der Waals surface area contributed by atoms with Crippen LogP contribution in [-0.2, 0) is 0 Å². The molecular formula is C12H12N6OS2. The summed E-state index contributed by atoms with van der Waals surface area (Å²) in [4.78, 5) is 24.7. The molecule has 0 fully saturated rings. The number of hydrogen-bond donors (Lipinski definition) is 2. The third-order valence-electron chi connectivity index (χ3n) is 3.15. The van der Waals surface area contributed by atoms with Gasteiger partial charge in [-0.25, -0.2) is 19.3 Å². The Bertz CT molecular complexity index is 841. The van der Waals surface area contributed by atoms with Gasteiger partial charge in [-0.1, -0.05) is 31.4 Å². The van der Waals surface area contributed by atoms with E-state index in [1.807, 2.05) is 6.92 Å². The normalized spacial score (nSPS) is 12.3. The van der Waals surface area contributed by atoms with E-state index in [2.05, 4.69) is 20.3 Å². The lowest BCUT2D eigenvalue weighted by Crippen LogP contribution is -2.24. The van der Waals surface area contributed by atoms with Crippen LogP contribution in [0.2, 0.25) is 0 Å². The van der Waals surface area contributed by atoms with Crippen molar-refractivity contribution in [3.63, 3.8) is 0 Å². The first-order valence-electron chi connectivity index (χ1n) is 6.30. The van der Waals surface area contributed by atoms with Crippen LogP contribution in [0, 0.1) is 0 Å². The van der Waals surface area contributed by atoms with E-state index < -0.39 is 0 Å². The third kappa shape index (κ3) is 2.05. The molecule has 0 saturated heterocycles. The lowest BCUT2D eigenvalue weighted by atomic mass is 10.3. The molecule has 0 radical (unpaired) electrons. The minimum absolute atomic E-state index is 0.297. The Hall–Kier alpha value is -2.13. The smallest absolute Gasteiger partial charge is 0.330 e. The molecule has 0 spiro atoms. The first-order chi connectivity index (χ1) is 10.0. The largest absolute Gasteiger partial charge is 0.332 e. The standard InChI is InChI=1S/C12H12N6OS2/c1-3-7(21)18-11-9(16-12(18)19)8-10(13-4-14-11)17(5-15-8)6(2)20/h4-5H,3H2,1-2H3,(H,13,14)(H,16,19). The van der Waals surface area contributed by atoms with Gasteiger partial charge in [0, 0.05) is 0 Å². The molecule has 108 valence electrons. The minimum atomic E-state index is -0.297. The van der Waals surface area contributed by atoms with E-state index in [1.54, 1.807) is 17.8 Å². The maximum absolute atomic E-state index is 12.1. The predicted octanol–water partition coefficient (Wildman–Crippen LogP) is 1.91. The van der Waals surface area contributed by atoms with Crippen molar-refractivity contribution < 1.29 is 0 Å². The van der Waals surface area contributed by atoms with Crippen LogP contribution >= 0.6 is 24.4 Å². The summed E-state index contributed by atoms with van der Waals surface area (Å²) in [5.74, 6) is 1.12. The summed E-state index contributed by atoms with van der Waals surface area (Å²) in [6.07, 6.45) is 3.68. The Balaban J connectivity index is 2.28. The van der Waals surface area contributed by atoms with Crippen molar-refractivity contribution >= 4 is 52.4 Å². The van der Waals surface area contributed by atoms with Crippen molar-refractivity contribution in [2.75, 3.05) is 5.32 Å². The van der Waals surface area contributed by atoms with Gasteiger partial charge in [0.25, 0.3) is 0 Å². The molecule has 1 aliphatic rings. The van der Waals surface area contributed by atoms with Crippen molar-refractivity contribution in [3.05, 3.63) is 16.8 Å². The number of aromatic nitrogens is 4. The molecule has 0 aromatic carbocycles. The number of rotatable bonds is 1. The number of fused-ring (bicyclic) bond motifs is 3. The number of anilines is 1. The zero-order valence-corrected chi connectivity index (χ0v) is 13.0. The van der Waals surface area contributed by atoms with Crippen LogP contribution in [0.5, 0.6) is 0 Å². The topological polar surface area (TPSA) is 80.0 Å². The molecule has 1 aliphatic heterocycles. The van der Waals surface area contributed by atoms with Gasteiger partial charge < -0.3 is 10.3 Å². The minimum Gasteiger partial charge on any atom is -0.330 e. The van der Waals surface area contributed by atoms with E-state index in [1.165, 1.54) is 10.9 Å². The summed E-state index contributed by atoms with van der Waals surface area (Å²) in [7, 11) is 0. The summed E-state index contributed by atoms with van der Waals surface area (Å²) < 4.78 is 3.11. The van der Waals surface area contributed by atoms with E-state index in [9.17, 15) is 4.79 Å². The van der Waals surface area contributed by atoms with Gasteiger partial charge in [0.1, 0.15) is 23.5 Å². The van der Waals surface area contributed by atoms with Crippen LogP contribution in [0.15, 0.2) is 16.1 Å². The summed E-state index contributed by atoms with van der Waals surface area (Å²) >= 11 is 10.4. The van der Waals surface area contributed by atoms with Crippen LogP contribution in [0.4, 0.5) is 11.6 Å². The Labute approximate surface area is 130 Å². The number of imidazole rings is 2. The molecule has 0 aliphatic carbocycles. The SMILES string of the molecule is CCC(=S)n1c2c([nH]c1=O)-c1ncn(C(C)=S)c1N=CN2. The third-order valence-corrected chi connectivity index (χ3v) is 3.82. The Morgan fingerprint density at radius 2 is 2.19 bits per heavy atom. The highest BCUT2D eigenvalue weighted by molar-refractivity contribution is 7.80. The molecule has 21 heavy (non-hydrogen) atoms. The van der Waals surface area contributed by atoms with Crippen molar-refractivity contribution in [2.45, 2.75) is 20.3 Å². The summed E-state index contributed by atoms with van der Waals surface area (Å²) in [6.45, 7) is 3.68. The lowest BCUT2D eigenvalue weighted by molar-refractivity contribution is 1.03. The van der Waals surface area contributed by atoms with E-state index in [0.29, 0.717) is 39.4 Å². The maximum atomic E-state index is 12.1. The second-order valence-electron chi connectivity index (χ2n) is 4.44. The molecular weight excluding hydrogens is 308 g/mol. The molecule has 0 unspecified atom stereocenters. The first-order valence-corrected chi connectivity index (χ1v) is 7.12. The fourth-order valence-electron chi connectivity index (χ4n) is 2.17. The number of hydrogen-bond acceptors (Lipinski definition) is 6. The van der Waals surface area contributed by atoms with Crippen LogP contribution in [0.3, 0.4) is 0 Å². The lowest BCUT2D eigenvalue weighted by Gasteiger charge is -2.06. The highest BCUT2D eigenvalue weighted by Crippen LogP contribution is 2.34.